The van der Waals surface area contributed by atoms with Crippen LogP contribution in [0.2, 0.25) is 0 Å². The van der Waals surface area contributed by atoms with E-state index in [9.17, 15) is 9.59 Å². The molecule has 0 aromatic carbocycles. The number of aromatic nitrogens is 1. The van der Waals surface area contributed by atoms with Gasteiger partial charge in [-0.05, 0) is 98.0 Å². The minimum atomic E-state index is 0.240. The van der Waals surface area contributed by atoms with E-state index in [1.807, 2.05) is 23.1 Å². The smallest absolute Gasteiger partial charge is 0.226 e. The maximum absolute atomic E-state index is 13.5. The van der Waals surface area contributed by atoms with Crippen LogP contribution in [0.3, 0.4) is 0 Å². The molecule has 164 valence electrons. The van der Waals surface area contributed by atoms with Crippen LogP contribution in [-0.2, 0) is 16.1 Å². The molecule has 6 aliphatic rings. The summed E-state index contributed by atoms with van der Waals surface area (Å²) >= 11 is 0. The molecule has 8 unspecified atom stereocenters. The molecule has 0 spiro atoms. The highest BCUT2D eigenvalue weighted by atomic mass is 16.2. The maximum atomic E-state index is 13.5. The van der Waals surface area contributed by atoms with Crippen LogP contribution in [0.1, 0.15) is 44.2 Å². The van der Waals surface area contributed by atoms with E-state index in [2.05, 4.69) is 10.3 Å². The fourth-order valence-corrected chi connectivity index (χ4v) is 8.93. The topological polar surface area (TPSA) is 62.3 Å². The summed E-state index contributed by atoms with van der Waals surface area (Å²) in [5, 5.41) is 3.20. The first-order valence-electron chi connectivity index (χ1n) is 12.7. The average Bonchev–Trinajstić information content (AvgIpc) is 3.44. The Hall–Kier alpha value is -1.91. The third-order valence-corrected chi connectivity index (χ3v) is 10.1. The van der Waals surface area contributed by atoms with E-state index in [1.54, 1.807) is 6.20 Å². The molecule has 2 amide bonds. The number of carbonyl (C=O) groups excluding carboxylic acids is 2. The summed E-state index contributed by atoms with van der Waals surface area (Å²) in [6, 6.07) is 5.90. The quantitative estimate of drug-likeness (QED) is 0.739. The fraction of sp³-hybridized carbons (Fsp3) is 0.731. The third kappa shape index (κ3) is 2.84. The monoisotopic (exact) mass is 419 g/mol. The van der Waals surface area contributed by atoms with Crippen molar-refractivity contribution in [2.45, 2.75) is 45.1 Å². The highest BCUT2D eigenvalue weighted by Crippen LogP contribution is 2.70. The molecule has 1 aromatic rings. The van der Waals surface area contributed by atoms with Gasteiger partial charge in [-0.3, -0.25) is 14.6 Å². The van der Waals surface area contributed by atoms with Crippen molar-refractivity contribution in [3.63, 3.8) is 0 Å². The number of amides is 2. The number of hydrogen-bond acceptors (Lipinski definition) is 3. The molecule has 1 heterocycles. The molecule has 6 saturated carbocycles. The number of fused-ring (bicyclic) bond motifs is 10. The summed E-state index contributed by atoms with van der Waals surface area (Å²) in [5.41, 5.74) is 0.934. The summed E-state index contributed by atoms with van der Waals surface area (Å²) in [4.78, 5) is 32.8. The van der Waals surface area contributed by atoms with Crippen molar-refractivity contribution in [1.29, 1.82) is 0 Å². The van der Waals surface area contributed by atoms with Crippen LogP contribution in [0.25, 0.3) is 0 Å². The Morgan fingerprint density at radius 2 is 1.52 bits per heavy atom. The van der Waals surface area contributed by atoms with Crippen LogP contribution in [0.4, 0.5) is 0 Å². The molecule has 5 nitrogen and oxygen atoms in total. The minimum absolute atomic E-state index is 0.240. The number of hydrogen-bond donors (Lipinski definition) is 1. The van der Waals surface area contributed by atoms with E-state index in [0.717, 1.165) is 29.4 Å². The number of carbonyl (C=O) groups is 2. The van der Waals surface area contributed by atoms with Gasteiger partial charge in [-0.15, -0.1) is 0 Å². The lowest BCUT2D eigenvalue weighted by molar-refractivity contribution is -0.134. The second-order valence-electron chi connectivity index (χ2n) is 11.4. The molecule has 8 atom stereocenters. The minimum Gasteiger partial charge on any atom is -0.354 e. The lowest BCUT2D eigenvalue weighted by Gasteiger charge is -2.24. The van der Waals surface area contributed by atoms with Gasteiger partial charge in [-0.2, -0.15) is 0 Å². The Kier molecular flexibility index (Phi) is 4.08. The molecule has 6 aliphatic carbocycles. The Morgan fingerprint density at radius 3 is 2.10 bits per heavy atom. The maximum Gasteiger partial charge on any atom is 0.226 e. The first-order valence-corrected chi connectivity index (χ1v) is 12.7. The van der Waals surface area contributed by atoms with Crippen molar-refractivity contribution < 1.29 is 9.59 Å². The molecule has 1 aromatic heterocycles. The number of nitrogens with one attached hydrogen (secondary N) is 1. The third-order valence-electron chi connectivity index (χ3n) is 10.1. The molecule has 0 aliphatic heterocycles. The standard InChI is InChI=1S/C26H33N3O2/c30-25(23-19-14-4-5-15(11-14)20(19)23)28-9-10-29(13-18-3-1-2-8-27-18)26(31)24-21-16-6-7-17(12-16)22(21)24/h1-3,8,14-17,19-24H,4-7,9-13H2,(H,28,30). The summed E-state index contributed by atoms with van der Waals surface area (Å²) < 4.78 is 0. The van der Waals surface area contributed by atoms with Gasteiger partial charge >= 0.3 is 0 Å². The summed E-state index contributed by atoms with van der Waals surface area (Å²) in [6.07, 6.45) is 9.88. The Labute approximate surface area is 184 Å². The lowest BCUT2D eigenvalue weighted by Crippen LogP contribution is -2.40. The summed E-state index contributed by atoms with van der Waals surface area (Å²) in [5.74, 6) is 6.93. The number of rotatable bonds is 7. The Bertz CT molecular complexity index is 871. The van der Waals surface area contributed by atoms with Gasteiger partial charge in [-0.25, -0.2) is 0 Å². The fourth-order valence-electron chi connectivity index (χ4n) is 8.93. The zero-order chi connectivity index (χ0) is 20.7. The van der Waals surface area contributed by atoms with Crippen LogP contribution in [0.15, 0.2) is 24.4 Å². The largest absolute Gasteiger partial charge is 0.354 e. The van der Waals surface area contributed by atoms with Gasteiger partial charge in [0.1, 0.15) is 0 Å². The van der Waals surface area contributed by atoms with Gasteiger partial charge in [0.15, 0.2) is 0 Å². The second-order valence-corrected chi connectivity index (χ2v) is 11.4. The van der Waals surface area contributed by atoms with Crippen LogP contribution in [0.5, 0.6) is 0 Å². The molecule has 5 heteroatoms. The van der Waals surface area contributed by atoms with Crippen molar-refractivity contribution in [2.24, 2.45) is 59.2 Å². The van der Waals surface area contributed by atoms with Gasteiger partial charge in [0.05, 0.1) is 12.2 Å². The SMILES string of the molecule is O=C(NCCN(Cc1ccccn1)C(=O)C1C2C3CCC(C3)C12)C1C2C3CCC(C3)C12. The van der Waals surface area contributed by atoms with E-state index >= 15 is 0 Å². The molecular formula is C26H33N3O2. The van der Waals surface area contributed by atoms with Crippen molar-refractivity contribution in [3.8, 4) is 0 Å². The first-order chi connectivity index (χ1) is 15.2. The predicted octanol–water partition coefficient (Wildman–Crippen LogP) is 3.11. The van der Waals surface area contributed by atoms with Crippen LogP contribution in [0, 0.1) is 59.2 Å². The normalized spacial score (nSPS) is 44.6. The predicted molar refractivity (Wildman–Crippen MR) is 115 cm³/mol. The molecule has 0 saturated heterocycles. The molecule has 4 bridgehead atoms. The van der Waals surface area contributed by atoms with E-state index in [4.69, 9.17) is 0 Å². The highest BCUT2D eigenvalue weighted by Gasteiger charge is 2.68. The second kappa shape index (κ2) is 6.79. The van der Waals surface area contributed by atoms with Crippen molar-refractivity contribution in [2.75, 3.05) is 13.1 Å². The first kappa shape index (κ1) is 18.6. The van der Waals surface area contributed by atoms with Crippen molar-refractivity contribution in [3.05, 3.63) is 30.1 Å². The van der Waals surface area contributed by atoms with Crippen LogP contribution in [-0.4, -0.2) is 34.8 Å². The van der Waals surface area contributed by atoms with E-state index in [0.29, 0.717) is 49.2 Å². The van der Waals surface area contributed by atoms with Gasteiger partial charge in [-0.1, -0.05) is 6.07 Å². The van der Waals surface area contributed by atoms with E-state index in [-0.39, 0.29) is 17.7 Å². The van der Waals surface area contributed by atoms with Crippen molar-refractivity contribution in [1.82, 2.24) is 15.2 Å². The molecular weight excluding hydrogens is 386 g/mol. The zero-order valence-electron chi connectivity index (χ0n) is 18.2. The van der Waals surface area contributed by atoms with Crippen molar-refractivity contribution >= 4 is 11.8 Å². The molecule has 0 radical (unpaired) electrons. The summed E-state index contributed by atoms with van der Waals surface area (Å²) in [7, 11) is 0. The average molecular weight is 420 g/mol. The van der Waals surface area contributed by atoms with Gasteiger partial charge in [0, 0.05) is 31.1 Å². The van der Waals surface area contributed by atoms with Gasteiger partial charge < -0.3 is 10.2 Å². The lowest BCUT2D eigenvalue weighted by atomic mass is 10.0. The zero-order valence-corrected chi connectivity index (χ0v) is 18.2. The molecule has 31 heavy (non-hydrogen) atoms. The van der Waals surface area contributed by atoms with Gasteiger partial charge in [0.25, 0.3) is 0 Å². The van der Waals surface area contributed by atoms with E-state index < -0.39 is 0 Å². The van der Waals surface area contributed by atoms with Gasteiger partial charge in [0.2, 0.25) is 11.8 Å². The summed E-state index contributed by atoms with van der Waals surface area (Å²) in [6.45, 7) is 1.72. The molecule has 7 rings (SSSR count). The molecule has 1 N–H and O–H groups in total. The van der Waals surface area contributed by atoms with E-state index in [1.165, 1.54) is 38.5 Å². The van der Waals surface area contributed by atoms with Crippen LogP contribution < -0.4 is 5.32 Å². The Balaban J connectivity index is 0.992. The highest BCUT2D eigenvalue weighted by molar-refractivity contribution is 5.84. The van der Waals surface area contributed by atoms with Crippen LogP contribution >= 0.6 is 0 Å². The Morgan fingerprint density at radius 1 is 0.903 bits per heavy atom. The number of nitrogens with zero attached hydrogens (tertiary/aromatic N) is 2. The number of pyridine rings is 1. The molecule has 6 fully saturated rings.